The van der Waals surface area contributed by atoms with E-state index < -0.39 is 6.43 Å². The first-order valence-corrected chi connectivity index (χ1v) is 4.88. The summed E-state index contributed by atoms with van der Waals surface area (Å²) < 4.78 is 25.0. The van der Waals surface area contributed by atoms with Crippen LogP contribution >= 0.6 is 31.9 Å². The predicted molar refractivity (Wildman–Crippen MR) is 50.5 cm³/mol. The van der Waals surface area contributed by atoms with Crippen molar-refractivity contribution in [1.82, 2.24) is 4.98 Å². The van der Waals surface area contributed by atoms with Crippen molar-refractivity contribution in [3.05, 3.63) is 26.4 Å². The molecule has 1 N–H and O–H groups in total. The first-order chi connectivity index (χ1) is 6.06. The number of hydrogen-bond acceptors (Lipinski definition) is 2. The molecule has 0 aliphatic carbocycles. The maximum atomic E-state index is 12.3. The van der Waals surface area contributed by atoms with Crippen LogP contribution in [0.25, 0.3) is 0 Å². The molecule has 0 aromatic carbocycles. The molecule has 13 heavy (non-hydrogen) atoms. The summed E-state index contributed by atoms with van der Waals surface area (Å²) in [5.41, 5.74) is 0.139. The lowest BCUT2D eigenvalue weighted by molar-refractivity contribution is 0.149. The highest BCUT2D eigenvalue weighted by Gasteiger charge is 2.15. The third kappa shape index (κ3) is 2.45. The van der Waals surface area contributed by atoms with Gasteiger partial charge in [-0.05, 0) is 37.9 Å². The molecule has 0 saturated carbocycles. The van der Waals surface area contributed by atoms with Crippen LogP contribution in [0.3, 0.4) is 0 Å². The van der Waals surface area contributed by atoms with Gasteiger partial charge < -0.3 is 5.11 Å². The minimum absolute atomic E-state index is 0.0646. The Labute approximate surface area is 90.2 Å². The third-order valence-corrected chi connectivity index (χ3v) is 2.74. The monoisotopic (exact) mass is 315 g/mol. The molecule has 0 bridgehead atoms. The first-order valence-electron chi connectivity index (χ1n) is 3.30. The lowest BCUT2D eigenvalue weighted by atomic mass is 10.2. The SMILES string of the molecule is OCc1nc(Br)c(C(F)F)cc1Br. The van der Waals surface area contributed by atoms with Crippen molar-refractivity contribution in [2.45, 2.75) is 13.0 Å². The van der Waals surface area contributed by atoms with E-state index in [0.29, 0.717) is 10.2 Å². The van der Waals surface area contributed by atoms with Crippen LogP contribution in [0.1, 0.15) is 17.7 Å². The molecule has 0 aliphatic rings. The van der Waals surface area contributed by atoms with Crippen LogP contribution < -0.4 is 0 Å². The molecule has 1 aromatic heterocycles. The first kappa shape index (κ1) is 11.0. The second-order valence-corrected chi connectivity index (χ2v) is 3.86. The van der Waals surface area contributed by atoms with E-state index in [1.807, 2.05) is 0 Å². The molecular formula is C7H5Br2F2NO. The van der Waals surface area contributed by atoms with Gasteiger partial charge in [-0.2, -0.15) is 0 Å². The second kappa shape index (κ2) is 4.43. The second-order valence-electron chi connectivity index (χ2n) is 2.26. The lowest BCUT2D eigenvalue weighted by Crippen LogP contribution is -1.96. The summed E-state index contributed by atoms with van der Waals surface area (Å²) in [5.74, 6) is 0. The van der Waals surface area contributed by atoms with Crippen molar-refractivity contribution >= 4 is 31.9 Å². The molecule has 0 spiro atoms. The molecule has 0 aliphatic heterocycles. The van der Waals surface area contributed by atoms with Gasteiger partial charge in [-0.3, -0.25) is 0 Å². The molecule has 1 heterocycles. The zero-order chi connectivity index (χ0) is 10.0. The van der Waals surface area contributed by atoms with Gasteiger partial charge in [0.05, 0.1) is 17.9 Å². The summed E-state index contributed by atoms with van der Waals surface area (Å²) in [6.45, 7) is -0.289. The Morgan fingerprint density at radius 1 is 1.46 bits per heavy atom. The molecule has 72 valence electrons. The summed E-state index contributed by atoms with van der Waals surface area (Å²) in [4.78, 5) is 3.75. The average Bonchev–Trinajstić information content (AvgIpc) is 2.07. The van der Waals surface area contributed by atoms with E-state index in [-0.39, 0.29) is 16.8 Å². The minimum atomic E-state index is -2.58. The van der Waals surface area contributed by atoms with Crippen molar-refractivity contribution in [1.29, 1.82) is 0 Å². The smallest absolute Gasteiger partial charge is 0.266 e. The summed E-state index contributed by atoms with van der Waals surface area (Å²) in [7, 11) is 0. The van der Waals surface area contributed by atoms with Crippen LogP contribution in [0.15, 0.2) is 15.1 Å². The Morgan fingerprint density at radius 3 is 2.54 bits per heavy atom. The zero-order valence-electron chi connectivity index (χ0n) is 6.27. The van der Waals surface area contributed by atoms with Gasteiger partial charge in [-0.1, -0.05) is 0 Å². The standard InChI is InChI=1S/C7H5Br2F2NO/c8-4-1-3(7(10)11)6(9)12-5(4)2-13/h1,7,13H,2H2. The fourth-order valence-electron chi connectivity index (χ4n) is 0.780. The van der Waals surface area contributed by atoms with Gasteiger partial charge in [0.25, 0.3) is 6.43 Å². The normalized spacial score (nSPS) is 10.9. The molecule has 0 radical (unpaired) electrons. The molecule has 0 atom stereocenters. The number of hydrogen-bond donors (Lipinski definition) is 1. The Kier molecular flexibility index (Phi) is 3.75. The minimum Gasteiger partial charge on any atom is -0.390 e. The van der Waals surface area contributed by atoms with Crippen molar-refractivity contribution in [3.63, 3.8) is 0 Å². The highest BCUT2D eigenvalue weighted by atomic mass is 79.9. The van der Waals surface area contributed by atoms with Crippen molar-refractivity contribution in [3.8, 4) is 0 Å². The fourth-order valence-corrected chi connectivity index (χ4v) is 1.74. The van der Waals surface area contributed by atoms with E-state index in [0.717, 1.165) is 0 Å². The maximum Gasteiger partial charge on any atom is 0.266 e. The van der Waals surface area contributed by atoms with Crippen molar-refractivity contribution in [2.24, 2.45) is 0 Å². The number of halogens is 4. The molecule has 1 aromatic rings. The third-order valence-electron chi connectivity index (χ3n) is 1.41. The Balaban J connectivity index is 3.20. The van der Waals surface area contributed by atoms with E-state index in [1.165, 1.54) is 6.07 Å². The summed E-state index contributed by atoms with van der Waals surface area (Å²) >= 11 is 5.93. The van der Waals surface area contributed by atoms with Gasteiger partial charge in [0.1, 0.15) is 4.60 Å². The van der Waals surface area contributed by atoms with Gasteiger partial charge in [0, 0.05) is 4.47 Å². The highest BCUT2D eigenvalue weighted by molar-refractivity contribution is 9.11. The fraction of sp³-hybridized carbons (Fsp3) is 0.286. The Hall–Kier alpha value is -0.0700. The number of rotatable bonds is 2. The van der Waals surface area contributed by atoms with Gasteiger partial charge in [-0.25, -0.2) is 13.8 Å². The van der Waals surface area contributed by atoms with Crippen LogP contribution in [0, 0.1) is 0 Å². The van der Waals surface area contributed by atoms with Gasteiger partial charge in [0.15, 0.2) is 0 Å². The molecular weight excluding hydrogens is 312 g/mol. The van der Waals surface area contributed by atoms with Crippen LogP contribution in [0.4, 0.5) is 8.78 Å². The quantitative estimate of drug-likeness (QED) is 0.851. The van der Waals surface area contributed by atoms with E-state index in [4.69, 9.17) is 5.11 Å². The molecule has 1 rings (SSSR count). The number of alkyl halides is 2. The maximum absolute atomic E-state index is 12.3. The van der Waals surface area contributed by atoms with Crippen molar-refractivity contribution < 1.29 is 13.9 Å². The zero-order valence-corrected chi connectivity index (χ0v) is 9.44. The highest BCUT2D eigenvalue weighted by Crippen LogP contribution is 2.29. The predicted octanol–water partition coefficient (Wildman–Crippen LogP) is 3.04. The van der Waals surface area contributed by atoms with E-state index >= 15 is 0 Å². The summed E-state index contributed by atoms with van der Waals surface area (Å²) in [6.07, 6.45) is -2.58. The van der Waals surface area contributed by atoms with Gasteiger partial charge in [-0.15, -0.1) is 0 Å². The van der Waals surface area contributed by atoms with Crippen LogP contribution in [0.5, 0.6) is 0 Å². The molecule has 0 saturated heterocycles. The van der Waals surface area contributed by atoms with E-state index in [9.17, 15) is 8.78 Å². The number of aliphatic hydroxyl groups is 1. The molecule has 0 amide bonds. The molecule has 0 fully saturated rings. The van der Waals surface area contributed by atoms with Crippen molar-refractivity contribution in [2.75, 3.05) is 0 Å². The topological polar surface area (TPSA) is 33.1 Å². The van der Waals surface area contributed by atoms with Crippen LogP contribution in [-0.4, -0.2) is 10.1 Å². The van der Waals surface area contributed by atoms with E-state index in [2.05, 4.69) is 36.8 Å². The largest absolute Gasteiger partial charge is 0.390 e. The Bertz CT molecular complexity index is 320. The summed E-state index contributed by atoms with van der Waals surface area (Å²) in [6, 6.07) is 1.24. The number of aromatic nitrogens is 1. The van der Waals surface area contributed by atoms with Crippen LogP contribution in [-0.2, 0) is 6.61 Å². The lowest BCUT2D eigenvalue weighted by Gasteiger charge is -2.06. The Morgan fingerprint density at radius 2 is 2.08 bits per heavy atom. The number of nitrogens with zero attached hydrogens (tertiary/aromatic N) is 1. The number of pyridine rings is 1. The number of aliphatic hydroxyl groups excluding tert-OH is 1. The summed E-state index contributed by atoms with van der Waals surface area (Å²) in [5, 5.41) is 8.77. The van der Waals surface area contributed by atoms with Crippen LogP contribution in [0.2, 0.25) is 0 Å². The average molecular weight is 317 g/mol. The molecule has 2 nitrogen and oxygen atoms in total. The van der Waals surface area contributed by atoms with E-state index in [1.54, 1.807) is 0 Å². The molecule has 0 unspecified atom stereocenters. The molecule has 6 heteroatoms. The van der Waals surface area contributed by atoms with Gasteiger partial charge in [0.2, 0.25) is 0 Å². The van der Waals surface area contributed by atoms with Gasteiger partial charge >= 0.3 is 0 Å².